The minimum atomic E-state index is -0.265. The Kier molecular flexibility index (Phi) is 5.56. The van der Waals surface area contributed by atoms with Crippen molar-refractivity contribution in [3.05, 3.63) is 23.8 Å². The number of nitrogens with one attached hydrogen (secondary N) is 2. The number of fused-ring (bicyclic) bond motifs is 1. The van der Waals surface area contributed by atoms with Gasteiger partial charge in [0.2, 0.25) is 18.6 Å². The molecule has 0 spiro atoms. The second-order valence-corrected chi connectivity index (χ2v) is 6.40. The number of carbonyl (C=O) groups excluding carboxylic acids is 2. The van der Waals surface area contributed by atoms with E-state index in [9.17, 15) is 9.59 Å². The lowest BCUT2D eigenvalue weighted by atomic mass is 10.1. The smallest absolute Gasteiger partial charge is 0.231 e. The van der Waals surface area contributed by atoms with Gasteiger partial charge in [0.1, 0.15) is 6.42 Å². The van der Waals surface area contributed by atoms with Gasteiger partial charge in [0.05, 0.1) is 0 Å². The van der Waals surface area contributed by atoms with Crippen LogP contribution < -0.4 is 20.1 Å². The van der Waals surface area contributed by atoms with Crippen molar-refractivity contribution < 1.29 is 19.1 Å². The van der Waals surface area contributed by atoms with Gasteiger partial charge in [-0.25, -0.2) is 0 Å². The summed E-state index contributed by atoms with van der Waals surface area (Å²) in [5.41, 5.74) is 0.914. The molecule has 0 aromatic heterocycles. The predicted octanol–water partition coefficient (Wildman–Crippen LogP) is 2.26. The summed E-state index contributed by atoms with van der Waals surface area (Å²) in [5.74, 6) is 0.949. The maximum atomic E-state index is 12.0. The highest BCUT2D eigenvalue weighted by Crippen LogP contribution is 2.32. The minimum Gasteiger partial charge on any atom is -0.454 e. The van der Waals surface area contributed by atoms with Crippen molar-refractivity contribution >= 4 is 11.8 Å². The van der Waals surface area contributed by atoms with Crippen LogP contribution in [0.2, 0.25) is 0 Å². The van der Waals surface area contributed by atoms with E-state index in [-0.39, 0.29) is 31.1 Å². The fraction of sp³-hybridized carbons (Fsp3) is 0.556. The Labute approximate surface area is 141 Å². The molecule has 0 atom stereocenters. The summed E-state index contributed by atoms with van der Waals surface area (Å²) in [6.45, 7) is 0.596. The molecular weight excluding hydrogens is 308 g/mol. The molecule has 2 aliphatic rings. The average Bonchev–Trinajstić information content (AvgIpc) is 2.89. The van der Waals surface area contributed by atoms with Crippen molar-refractivity contribution in [2.75, 3.05) is 6.79 Å². The number of amides is 2. The van der Waals surface area contributed by atoms with Crippen LogP contribution in [0.1, 0.15) is 50.5 Å². The van der Waals surface area contributed by atoms with E-state index in [1.54, 1.807) is 0 Å². The van der Waals surface area contributed by atoms with Crippen LogP contribution in [0.3, 0.4) is 0 Å². The topological polar surface area (TPSA) is 76.7 Å². The second-order valence-electron chi connectivity index (χ2n) is 6.40. The van der Waals surface area contributed by atoms with Gasteiger partial charge in [0.15, 0.2) is 11.5 Å². The Morgan fingerprint density at radius 3 is 2.54 bits per heavy atom. The predicted molar refractivity (Wildman–Crippen MR) is 88.7 cm³/mol. The van der Waals surface area contributed by atoms with Crippen LogP contribution >= 0.6 is 0 Å². The number of benzene rings is 1. The van der Waals surface area contributed by atoms with Crippen LogP contribution in [0.15, 0.2) is 18.2 Å². The maximum absolute atomic E-state index is 12.0. The Morgan fingerprint density at radius 2 is 1.75 bits per heavy atom. The SMILES string of the molecule is O=C(CC(=O)NC1CCCCCC1)NCc1ccc2c(c1)OCO2. The summed E-state index contributed by atoms with van der Waals surface area (Å²) >= 11 is 0. The van der Waals surface area contributed by atoms with E-state index in [1.807, 2.05) is 18.2 Å². The zero-order chi connectivity index (χ0) is 16.8. The summed E-state index contributed by atoms with van der Waals surface area (Å²) in [6, 6.07) is 5.76. The summed E-state index contributed by atoms with van der Waals surface area (Å²) in [6.07, 6.45) is 6.70. The van der Waals surface area contributed by atoms with E-state index in [1.165, 1.54) is 12.8 Å². The Hall–Kier alpha value is -2.24. The molecule has 1 saturated carbocycles. The molecule has 1 fully saturated rings. The first-order chi connectivity index (χ1) is 11.7. The molecule has 6 nitrogen and oxygen atoms in total. The fourth-order valence-electron chi connectivity index (χ4n) is 3.16. The first-order valence-corrected chi connectivity index (χ1v) is 8.65. The number of hydrogen-bond donors (Lipinski definition) is 2. The van der Waals surface area contributed by atoms with Crippen LogP contribution in [0.5, 0.6) is 11.5 Å². The van der Waals surface area contributed by atoms with Crippen LogP contribution in [0.25, 0.3) is 0 Å². The van der Waals surface area contributed by atoms with Crippen molar-refractivity contribution in [2.45, 2.75) is 57.5 Å². The molecule has 1 aliphatic carbocycles. The molecule has 24 heavy (non-hydrogen) atoms. The second kappa shape index (κ2) is 8.04. The molecule has 1 aromatic rings. The lowest BCUT2D eigenvalue weighted by Crippen LogP contribution is -2.37. The molecular formula is C18H24N2O4. The summed E-state index contributed by atoms with van der Waals surface area (Å²) in [5, 5.41) is 5.76. The number of rotatable bonds is 5. The van der Waals surface area contributed by atoms with Crippen LogP contribution in [-0.2, 0) is 16.1 Å². The van der Waals surface area contributed by atoms with Gasteiger partial charge >= 0.3 is 0 Å². The Morgan fingerprint density at radius 1 is 1.00 bits per heavy atom. The molecule has 1 aromatic carbocycles. The molecule has 6 heteroatoms. The molecule has 3 rings (SSSR count). The summed E-state index contributed by atoms with van der Waals surface area (Å²) in [7, 11) is 0. The van der Waals surface area contributed by atoms with Crippen LogP contribution in [-0.4, -0.2) is 24.6 Å². The quantitative estimate of drug-likeness (QED) is 0.640. The molecule has 130 valence electrons. The van der Waals surface area contributed by atoms with E-state index in [4.69, 9.17) is 9.47 Å². The summed E-state index contributed by atoms with van der Waals surface area (Å²) in [4.78, 5) is 23.9. The average molecular weight is 332 g/mol. The first-order valence-electron chi connectivity index (χ1n) is 8.65. The Balaban J connectivity index is 1.41. The van der Waals surface area contributed by atoms with Gasteiger partial charge < -0.3 is 20.1 Å². The van der Waals surface area contributed by atoms with Crippen LogP contribution in [0, 0.1) is 0 Å². The molecule has 0 bridgehead atoms. The number of carbonyl (C=O) groups is 2. The van der Waals surface area contributed by atoms with E-state index < -0.39 is 0 Å². The zero-order valence-corrected chi connectivity index (χ0v) is 13.8. The van der Waals surface area contributed by atoms with Crippen molar-refractivity contribution in [2.24, 2.45) is 0 Å². The number of hydrogen-bond acceptors (Lipinski definition) is 4. The molecule has 1 aliphatic heterocycles. The van der Waals surface area contributed by atoms with E-state index >= 15 is 0 Å². The molecule has 0 unspecified atom stereocenters. The molecule has 0 saturated heterocycles. The third kappa shape index (κ3) is 4.63. The lowest BCUT2D eigenvalue weighted by molar-refractivity contribution is -0.129. The van der Waals surface area contributed by atoms with Crippen molar-refractivity contribution in [1.29, 1.82) is 0 Å². The third-order valence-electron chi connectivity index (χ3n) is 4.47. The van der Waals surface area contributed by atoms with Gasteiger partial charge in [-0.1, -0.05) is 31.7 Å². The highest BCUT2D eigenvalue weighted by Gasteiger charge is 2.17. The number of ether oxygens (including phenoxy) is 2. The highest BCUT2D eigenvalue weighted by molar-refractivity contribution is 5.96. The van der Waals surface area contributed by atoms with Gasteiger partial charge in [-0.05, 0) is 30.5 Å². The minimum absolute atomic E-state index is 0.124. The standard InChI is InChI=1S/C18H24N2O4/c21-17(10-18(22)20-14-5-3-1-2-4-6-14)19-11-13-7-8-15-16(9-13)24-12-23-15/h7-9,14H,1-6,10-12H2,(H,19,21)(H,20,22). The van der Waals surface area contributed by atoms with Gasteiger partial charge in [0, 0.05) is 12.6 Å². The molecule has 0 radical (unpaired) electrons. The third-order valence-corrected chi connectivity index (χ3v) is 4.47. The summed E-state index contributed by atoms with van der Waals surface area (Å²) < 4.78 is 10.6. The fourth-order valence-corrected chi connectivity index (χ4v) is 3.16. The van der Waals surface area contributed by atoms with Crippen LogP contribution in [0.4, 0.5) is 0 Å². The zero-order valence-electron chi connectivity index (χ0n) is 13.8. The largest absolute Gasteiger partial charge is 0.454 e. The van der Waals surface area contributed by atoms with Crippen molar-refractivity contribution in [3.63, 3.8) is 0 Å². The monoisotopic (exact) mass is 332 g/mol. The van der Waals surface area contributed by atoms with Crippen molar-refractivity contribution in [3.8, 4) is 11.5 Å². The van der Waals surface area contributed by atoms with E-state index in [0.29, 0.717) is 18.0 Å². The normalized spacial score (nSPS) is 17.2. The maximum Gasteiger partial charge on any atom is 0.231 e. The molecule has 2 amide bonds. The highest BCUT2D eigenvalue weighted by atomic mass is 16.7. The van der Waals surface area contributed by atoms with Gasteiger partial charge in [0.25, 0.3) is 0 Å². The van der Waals surface area contributed by atoms with Gasteiger partial charge in [-0.15, -0.1) is 0 Å². The van der Waals surface area contributed by atoms with E-state index in [0.717, 1.165) is 31.2 Å². The Bertz CT molecular complexity index is 595. The van der Waals surface area contributed by atoms with Crippen molar-refractivity contribution in [1.82, 2.24) is 10.6 Å². The molecule has 2 N–H and O–H groups in total. The first kappa shape index (κ1) is 16.6. The molecule has 1 heterocycles. The van der Waals surface area contributed by atoms with Gasteiger partial charge in [-0.2, -0.15) is 0 Å². The van der Waals surface area contributed by atoms with Gasteiger partial charge in [-0.3, -0.25) is 9.59 Å². The lowest BCUT2D eigenvalue weighted by Gasteiger charge is -2.16. The van der Waals surface area contributed by atoms with E-state index in [2.05, 4.69) is 10.6 Å².